The predicted molar refractivity (Wildman–Crippen MR) is 109 cm³/mol. The molecule has 0 aliphatic carbocycles. The van der Waals surface area contributed by atoms with E-state index in [2.05, 4.69) is 9.97 Å². The largest absolute Gasteiger partial charge is 0.496 e. The summed E-state index contributed by atoms with van der Waals surface area (Å²) in [6.45, 7) is 0. The zero-order valence-electron chi connectivity index (χ0n) is 16.2. The first-order valence-corrected chi connectivity index (χ1v) is 9.02. The summed E-state index contributed by atoms with van der Waals surface area (Å²) in [4.78, 5) is 19.1. The van der Waals surface area contributed by atoms with Crippen LogP contribution in [-0.2, 0) is 0 Å². The molecule has 30 heavy (non-hydrogen) atoms. The van der Waals surface area contributed by atoms with E-state index < -0.39 is 5.82 Å². The van der Waals surface area contributed by atoms with Crippen molar-refractivity contribution < 1.29 is 19.1 Å². The van der Waals surface area contributed by atoms with Crippen molar-refractivity contribution >= 4 is 0 Å². The number of aromatic nitrogens is 3. The molecule has 2 N–H and O–H groups in total. The van der Waals surface area contributed by atoms with Crippen LogP contribution in [0.4, 0.5) is 4.39 Å². The molecule has 0 saturated heterocycles. The minimum atomic E-state index is -0.397. The summed E-state index contributed by atoms with van der Waals surface area (Å²) in [6.07, 6.45) is 1.47. The number of nitrogens with zero attached hydrogens (tertiary/aromatic N) is 2. The van der Waals surface area contributed by atoms with Crippen molar-refractivity contribution in [3.63, 3.8) is 0 Å². The molecule has 2 heterocycles. The Morgan fingerprint density at radius 1 is 1.00 bits per heavy atom. The second-order valence-electron chi connectivity index (χ2n) is 6.43. The molecule has 2 aromatic heterocycles. The van der Waals surface area contributed by atoms with Crippen molar-refractivity contribution in [1.29, 1.82) is 0 Å². The Bertz CT molecular complexity index is 1240. The van der Waals surface area contributed by atoms with Crippen LogP contribution in [0.15, 0.2) is 65.6 Å². The number of benzene rings is 2. The van der Waals surface area contributed by atoms with Crippen molar-refractivity contribution in [2.45, 2.75) is 0 Å². The number of nitrogens with one attached hydrogen (secondary N) is 1. The maximum absolute atomic E-state index is 13.5. The average molecular weight is 407 g/mol. The first-order valence-electron chi connectivity index (χ1n) is 9.02. The van der Waals surface area contributed by atoms with Crippen molar-refractivity contribution in [3.05, 3.63) is 77.0 Å². The fourth-order valence-corrected chi connectivity index (χ4v) is 3.31. The molecular weight excluding hydrogens is 389 g/mol. The van der Waals surface area contributed by atoms with E-state index in [-0.39, 0.29) is 17.1 Å². The highest BCUT2D eigenvalue weighted by atomic mass is 19.1. The second-order valence-corrected chi connectivity index (χ2v) is 6.43. The van der Waals surface area contributed by atoms with Crippen LogP contribution in [-0.4, -0.2) is 34.1 Å². The predicted octanol–water partition coefficient (Wildman–Crippen LogP) is 3.97. The lowest BCUT2D eigenvalue weighted by molar-refractivity contribution is 0.195. The van der Waals surface area contributed by atoms with Gasteiger partial charge in [-0.1, -0.05) is 6.07 Å². The Kier molecular flexibility index (Phi) is 4.97. The van der Waals surface area contributed by atoms with Gasteiger partial charge < -0.3 is 19.7 Å². The molecule has 7 nitrogen and oxygen atoms in total. The van der Waals surface area contributed by atoms with Gasteiger partial charge in [-0.05, 0) is 42.5 Å². The highest BCUT2D eigenvalue weighted by Crippen LogP contribution is 2.41. The molecule has 0 atom stereocenters. The summed E-state index contributed by atoms with van der Waals surface area (Å²) in [5, 5.41) is 11.1. The van der Waals surface area contributed by atoms with Gasteiger partial charge in [0.05, 0.1) is 14.2 Å². The average Bonchev–Trinajstić information content (AvgIpc) is 3.10. The van der Waals surface area contributed by atoms with Crippen LogP contribution >= 0.6 is 0 Å². The van der Waals surface area contributed by atoms with Gasteiger partial charge in [-0.2, -0.15) is 4.73 Å². The van der Waals surface area contributed by atoms with E-state index in [9.17, 15) is 14.4 Å². The molecule has 0 unspecified atom stereocenters. The smallest absolute Gasteiger partial charge is 0.248 e. The number of hydrogen-bond donors (Lipinski definition) is 2. The third-order valence-electron chi connectivity index (χ3n) is 4.67. The topological polar surface area (TPSA) is 89.4 Å². The highest BCUT2D eigenvalue weighted by molar-refractivity contribution is 5.84. The zero-order valence-corrected chi connectivity index (χ0v) is 16.2. The fourth-order valence-electron chi connectivity index (χ4n) is 3.31. The number of rotatable bonds is 5. The Hall–Kier alpha value is -4.07. The van der Waals surface area contributed by atoms with Gasteiger partial charge in [0.25, 0.3) is 0 Å². The third-order valence-corrected chi connectivity index (χ3v) is 4.67. The summed E-state index contributed by atoms with van der Waals surface area (Å²) in [5.41, 5.74) is 1.74. The van der Waals surface area contributed by atoms with Crippen molar-refractivity contribution in [3.8, 4) is 45.4 Å². The molecule has 0 aliphatic heterocycles. The Morgan fingerprint density at radius 2 is 1.67 bits per heavy atom. The molecule has 8 heteroatoms. The SMILES string of the molecule is COc1cccc(OC)c1-c1nc(-c2ccc(F)cc2)c(-c2cc[nH]c(=O)c2)n1O. The van der Waals surface area contributed by atoms with Gasteiger partial charge in [0.15, 0.2) is 5.82 Å². The van der Waals surface area contributed by atoms with Gasteiger partial charge in [0, 0.05) is 23.4 Å². The standard InChI is InChI=1S/C22H18FN3O4/c1-29-16-4-3-5-17(30-2)19(16)22-25-20(13-6-8-15(23)9-7-13)21(26(22)28)14-10-11-24-18(27)12-14/h3-12,28H,1-2H3,(H,24,27). The van der Waals surface area contributed by atoms with Crippen LogP contribution < -0.4 is 15.0 Å². The molecule has 0 saturated carbocycles. The van der Waals surface area contributed by atoms with E-state index in [1.807, 2.05) is 0 Å². The molecular formula is C22H18FN3O4. The van der Waals surface area contributed by atoms with Crippen LogP contribution in [0.25, 0.3) is 33.9 Å². The number of halogens is 1. The maximum Gasteiger partial charge on any atom is 0.248 e. The van der Waals surface area contributed by atoms with Gasteiger partial charge in [0.1, 0.15) is 34.3 Å². The lowest BCUT2D eigenvalue weighted by atomic mass is 10.1. The van der Waals surface area contributed by atoms with Crippen LogP contribution in [0.2, 0.25) is 0 Å². The van der Waals surface area contributed by atoms with Crippen LogP contribution in [0, 0.1) is 5.82 Å². The monoisotopic (exact) mass is 407 g/mol. The van der Waals surface area contributed by atoms with Gasteiger partial charge in [-0.3, -0.25) is 4.79 Å². The quantitative estimate of drug-likeness (QED) is 0.489. The molecule has 0 fully saturated rings. The van der Waals surface area contributed by atoms with E-state index in [0.29, 0.717) is 33.9 Å². The van der Waals surface area contributed by atoms with Crippen LogP contribution in [0.1, 0.15) is 0 Å². The van der Waals surface area contributed by atoms with Gasteiger partial charge in [-0.25, -0.2) is 9.37 Å². The van der Waals surface area contributed by atoms with Gasteiger partial charge in [-0.15, -0.1) is 0 Å². The molecule has 4 rings (SSSR count). The maximum atomic E-state index is 13.5. The number of ether oxygens (including phenoxy) is 2. The Morgan fingerprint density at radius 3 is 2.27 bits per heavy atom. The first-order chi connectivity index (χ1) is 14.5. The Labute approximate surface area is 170 Å². The second kappa shape index (κ2) is 7.75. The fraction of sp³-hybridized carbons (Fsp3) is 0.0909. The van der Waals surface area contributed by atoms with Crippen molar-refractivity contribution in [1.82, 2.24) is 14.7 Å². The minimum absolute atomic E-state index is 0.152. The third kappa shape index (κ3) is 3.28. The normalized spacial score (nSPS) is 10.8. The lowest BCUT2D eigenvalue weighted by Crippen LogP contribution is -2.05. The van der Waals surface area contributed by atoms with Crippen LogP contribution in [0.5, 0.6) is 11.5 Å². The highest BCUT2D eigenvalue weighted by Gasteiger charge is 2.25. The molecule has 0 radical (unpaired) electrons. The number of methoxy groups -OCH3 is 2. The van der Waals surface area contributed by atoms with E-state index >= 15 is 0 Å². The van der Waals surface area contributed by atoms with Crippen molar-refractivity contribution in [2.24, 2.45) is 0 Å². The van der Waals surface area contributed by atoms with Crippen LogP contribution in [0.3, 0.4) is 0 Å². The molecule has 2 aromatic carbocycles. The molecule has 152 valence electrons. The number of hydrogen-bond acceptors (Lipinski definition) is 5. The van der Waals surface area contributed by atoms with E-state index in [1.165, 1.54) is 38.6 Å². The summed E-state index contributed by atoms with van der Waals surface area (Å²) < 4.78 is 25.2. The molecule has 0 bridgehead atoms. The minimum Gasteiger partial charge on any atom is -0.496 e. The summed E-state index contributed by atoms with van der Waals surface area (Å²) in [6, 6.07) is 13.9. The van der Waals surface area contributed by atoms with Gasteiger partial charge >= 0.3 is 0 Å². The molecule has 0 amide bonds. The molecule has 0 aliphatic rings. The van der Waals surface area contributed by atoms with Gasteiger partial charge in [0.2, 0.25) is 5.56 Å². The zero-order chi connectivity index (χ0) is 21.3. The van der Waals surface area contributed by atoms with Crippen molar-refractivity contribution in [2.75, 3.05) is 14.2 Å². The first kappa shape index (κ1) is 19.3. The summed E-state index contributed by atoms with van der Waals surface area (Å²) in [7, 11) is 3.00. The van der Waals surface area contributed by atoms with E-state index in [4.69, 9.17) is 9.47 Å². The Balaban J connectivity index is 2.05. The van der Waals surface area contributed by atoms with E-state index in [0.717, 1.165) is 4.73 Å². The molecule has 4 aromatic rings. The number of imidazole rings is 1. The summed E-state index contributed by atoms with van der Waals surface area (Å²) >= 11 is 0. The number of H-pyrrole nitrogens is 1. The summed E-state index contributed by atoms with van der Waals surface area (Å²) in [5.74, 6) is 0.640. The lowest BCUT2D eigenvalue weighted by Gasteiger charge is -2.12. The van der Waals surface area contributed by atoms with E-state index in [1.54, 1.807) is 36.4 Å². The number of aromatic amines is 1. The molecule has 0 spiro atoms. The number of pyridine rings is 1.